The number of rotatable bonds is 7. The van der Waals surface area contributed by atoms with E-state index in [1.807, 2.05) is 48.5 Å². The molecule has 0 bridgehead atoms. The molecular weight excluding hydrogens is 502 g/mol. The summed E-state index contributed by atoms with van der Waals surface area (Å²) in [6.07, 6.45) is 2.69. The molecule has 0 aliphatic rings. The van der Waals surface area contributed by atoms with E-state index >= 15 is 0 Å². The number of carbonyl (C=O) groups excluding carboxylic acids is 1. The maximum Gasteiger partial charge on any atom is 0.272 e. The Morgan fingerprint density at radius 1 is 1.23 bits per heavy atom. The lowest BCUT2D eigenvalue weighted by atomic mass is 10.1. The number of fused-ring (bicyclic) bond motifs is 1. The molecule has 0 fully saturated rings. The molecule has 2 N–H and O–H groups in total. The molecule has 11 heteroatoms. The van der Waals surface area contributed by atoms with Gasteiger partial charge in [-0.15, -0.1) is 0 Å². The molecule has 2 aromatic heterocycles. The van der Waals surface area contributed by atoms with Crippen LogP contribution in [0.4, 0.5) is 0 Å². The molecule has 8 nitrogen and oxygen atoms in total. The van der Waals surface area contributed by atoms with E-state index in [0.29, 0.717) is 5.69 Å². The lowest BCUT2D eigenvalue weighted by Gasteiger charge is -2.19. The number of carbonyl (C=O) groups is 1. The Balaban J connectivity index is 1.57. The van der Waals surface area contributed by atoms with Gasteiger partial charge in [-0.3, -0.25) is 9.48 Å². The van der Waals surface area contributed by atoms with Gasteiger partial charge in [-0.1, -0.05) is 46.3 Å². The Morgan fingerprint density at radius 3 is 2.71 bits per heavy atom. The number of nitrogens with zero attached hydrogens (tertiary/aromatic N) is 3. The normalized spacial score (nSPS) is 12.7. The lowest BCUT2D eigenvalue weighted by Crippen LogP contribution is -2.38. The minimum absolute atomic E-state index is 0.0272. The van der Waals surface area contributed by atoms with E-state index in [-0.39, 0.29) is 17.3 Å². The van der Waals surface area contributed by atoms with Crippen LogP contribution in [0.1, 0.15) is 22.1 Å². The van der Waals surface area contributed by atoms with Crippen LogP contribution in [0, 0.1) is 0 Å². The fourth-order valence-electron chi connectivity index (χ4n) is 3.05. The third-order valence-corrected chi connectivity index (χ3v) is 7.31. The van der Waals surface area contributed by atoms with Gasteiger partial charge in [-0.05, 0) is 35.3 Å². The predicted octanol–water partition coefficient (Wildman–Crippen LogP) is 3.24. The van der Waals surface area contributed by atoms with Gasteiger partial charge in [0.1, 0.15) is 10.6 Å². The highest BCUT2D eigenvalue weighted by molar-refractivity contribution is 9.10. The number of amides is 1. The summed E-state index contributed by atoms with van der Waals surface area (Å²) in [6, 6.07) is 14.2. The minimum Gasteiger partial charge on any atom is -0.343 e. The van der Waals surface area contributed by atoms with Crippen LogP contribution in [0.5, 0.6) is 0 Å². The molecule has 2 aromatic carbocycles. The number of aromatic nitrogens is 3. The summed E-state index contributed by atoms with van der Waals surface area (Å²) in [6.45, 7) is -0.0272. The zero-order valence-corrected chi connectivity index (χ0v) is 19.5. The maximum absolute atomic E-state index is 13.0. The molecule has 0 aliphatic carbocycles. The Labute approximate surface area is 191 Å². The van der Waals surface area contributed by atoms with Crippen LogP contribution >= 0.6 is 27.5 Å². The van der Waals surface area contributed by atoms with Gasteiger partial charge in [-0.25, -0.2) is 13.1 Å². The van der Waals surface area contributed by atoms with Gasteiger partial charge in [0, 0.05) is 29.6 Å². The second-order valence-corrected chi connectivity index (χ2v) is 10.3. The van der Waals surface area contributed by atoms with Crippen molar-refractivity contribution in [2.75, 3.05) is 6.54 Å². The molecule has 0 spiro atoms. The number of hydrogen-bond acceptors (Lipinski definition) is 6. The van der Waals surface area contributed by atoms with Crippen LogP contribution in [-0.2, 0) is 17.1 Å². The Morgan fingerprint density at radius 2 is 2.00 bits per heavy atom. The zero-order chi connectivity index (χ0) is 22.0. The fraction of sp³-hybridized carbons (Fsp3) is 0.150. The fourth-order valence-corrected chi connectivity index (χ4v) is 5.41. The van der Waals surface area contributed by atoms with Crippen LogP contribution in [0.3, 0.4) is 0 Å². The monoisotopic (exact) mass is 519 g/mol. The molecule has 4 aromatic rings. The highest BCUT2D eigenvalue weighted by Crippen LogP contribution is 2.26. The van der Waals surface area contributed by atoms with Gasteiger partial charge < -0.3 is 5.32 Å². The standard InChI is InChI=1S/C20H18BrN5O3S2/c1-26-12-15(10-22-26)31(28,29)23-11-17(13-5-3-2-4-6-13)24-20(27)19-16-8-7-14(21)9-18(16)30-25-19/h2-10,12,17,23H,11H2,1H3,(H,24,27). The smallest absolute Gasteiger partial charge is 0.272 e. The van der Waals surface area contributed by atoms with Crippen LogP contribution in [0.25, 0.3) is 10.1 Å². The van der Waals surface area contributed by atoms with E-state index in [0.717, 1.165) is 20.1 Å². The first-order chi connectivity index (χ1) is 14.8. The molecular formula is C20H18BrN5O3S2. The van der Waals surface area contributed by atoms with Crippen molar-refractivity contribution >= 4 is 53.5 Å². The van der Waals surface area contributed by atoms with E-state index < -0.39 is 16.1 Å². The SMILES string of the molecule is Cn1cc(S(=O)(=O)NCC(NC(=O)c2nsc3cc(Br)ccc23)c2ccccc2)cn1. The summed E-state index contributed by atoms with van der Waals surface area (Å²) >= 11 is 4.65. The van der Waals surface area contributed by atoms with Crippen molar-refractivity contribution in [1.29, 1.82) is 0 Å². The minimum atomic E-state index is -3.77. The molecule has 0 saturated heterocycles. The largest absolute Gasteiger partial charge is 0.343 e. The van der Waals surface area contributed by atoms with Gasteiger partial charge >= 0.3 is 0 Å². The van der Waals surface area contributed by atoms with E-state index in [2.05, 4.69) is 35.4 Å². The highest BCUT2D eigenvalue weighted by Gasteiger charge is 2.23. The molecule has 160 valence electrons. The Bertz CT molecular complexity index is 1340. The molecule has 1 atom stereocenters. The Kier molecular flexibility index (Phi) is 6.19. The van der Waals surface area contributed by atoms with E-state index in [9.17, 15) is 13.2 Å². The molecule has 0 radical (unpaired) electrons. The number of halogens is 1. The zero-order valence-electron chi connectivity index (χ0n) is 16.3. The maximum atomic E-state index is 13.0. The number of sulfonamides is 1. The van der Waals surface area contributed by atoms with Gasteiger partial charge in [0.15, 0.2) is 0 Å². The average molecular weight is 520 g/mol. The second kappa shape index (κ2) is 8.87. The van der Waals surface area contributed by atoms with Crippen molar-refractivity contribution in [1.82, 2.24) is 24.2 Å². The Hall–Kier alpha value is -2.60. The first-order valence-electron chi connectivity index (χ1n) is 9.22. The lowest BCUT2D eigenvalue weighted by molar-refractivity contribution is 0.0935. The van der Waals surface area contributed by atoms with Crippen molar-refractivity contribution in [3.05, 3.63) is 76.7 Å². The van der Waals surface area contributed by atoms with Gasteiger partial charge in [0.2, 0.25) is 10.0 Å². The topological polar surface area (TPSA) is 106 Å². The average Bonchev–Trinajstić information content (AvgIpc) is 3.38. The van der Waals surface area contributed by atoms with Crippen molar-refractivity contribution in [3.63, 3.8) is 0 Å². The van der Waals surface area contributed by atoms with Crippen molar-refractivity contribution in [3.8, 4) is 0 Å². The molecule has 1 unspecified atom stereocenters. The first kappa shape index (κ1) is 21.6. The quantitative estimate of drug-likeness (QED) is 0.389. The van der Waals surface area contributed by atoms with Crippen molar-refractivity contribution in [2.45, 2.75) is 10.9 Å². The van der Waals surface area contributed by atoms with Crippen LogP contribution in [-0.4, -0.2) is 35.0 Å². The van der Waals surface area contributed by atoms with E-state index in [4.69, 9.17) is 0 Å². The van der Waals surface area contributed by atoms with Gasteiger partial charge in [0.05, 0.1) is 16.9 Å². The molecule has 0 aliphatic heterocycles. The van der Waals surface area contributed by atoms with Crippen molar-refractivity contribution in [2.24, 2.45) is 7.05 Å². The summed E-state index contributed by atoms with van der Waals surface area (Å²) in [4.78, 5) is 13.1. The molecule has 0 saturated carbocycles. The van der Waals surface area contributed by atoms with E-state index in [1.54, 1.807) is 7.05 Å². The van der Waals surface area contributed by atoms with Crippen LogP contribution in [0.2, 0.25) is 0 Å². The summed E-state index contributed by atoms with van der Waals surface area (Å²) in [5.74, 6) is -0.372. The molecule has 1 amide bonds. The second-order valence-electron chi connectivity index (χ2n) is 6.81. The van der Waals surface area contributed by atoms with Gasteiger partial charge in [-0.2, -0.15) is 9.47 Å². The summed E-state index contributed by atoms with van der Waals surface area (Å²) in [7, 11) is -2.13. The molecule has 2 heterocycles. The first-order valence-corrected chi connectivity index (χ1v) is 12.3. The van der Waals surface area contributed by atoms with Crippen LogP contribution in [0.15, 0.2) is 70.3 Å². The molecule has 31 heavy (non-hydrogen) atoms. The predicted molar refractivity (Wildman–Crippen MR) is 122 cm³/mol. The summed E-state index contributed by atoms with van der Waals surface area (Å²) < 4.78 is 35.3. The highest BCUT2D eigenvalue weighted by atomic mass is 79.9. The summed E-state index contributed by atoms with van der Waals surface area (Å²) in [5.41, 5.74) is 1.08. The number of benzene rings is 2. The van der Waals surface area contributed by atoms with Crippen molar-refractivity contribution < 1.29 is 13.2 Å². The number of nitrogens with one attached hydrogen (secondary N) is 2. The van der Waals surface area contributed by atoms with Gasteiger partial charge in [0.25, 0.3) is 5.91 Å². The number of aryl methyl sites for hydroxylation is 1. The van der Waals surface area contributed by atoms with E-state index in [1.165, 1.54) is 28.6 Å². The third-order valence-electron chi connectivity index (χ3n) is 4.63. The number of hydrogen-bond donors (Lipinski definition) is 2. The molecule has 4 rings (SSSR count). The third kappa shape index (κ3) is 4.85. The summed E-state index contributed by atoms with van der Waals surface area (Å²) in [5, 5.41) is 7.56. The van der Waals surface area contributed by atoms with Crippen LogP contribution < -0.4 is 10.0 Å².